The minimum Gasteiger partial charge on any atom is -0.480 e. The van der Waals surface area contributed by atoms with Crippen LogP contribution in [0.1, 0.15) is 60.3 Å². The summed E-state index contributed by atoms with van der Waals surface area (Å²) in [7, 11) is 0. The van der Waals surface area contributed by atoms with Crippen LogP contribution in [0.25, 0.3) is 0 Å². The minimum atomic E-state index is -1.79. The summed E-state index contributed by atoms with van der Waals surface area (Å²) in [5.41, 5.74) is 0. The number of thioether (sulfide) groups is 1. The number of rotatable bonds is 29. The highest BCUT2D eigenvalue weighted by Crippen LogP contribution is 2.18. The van der Waals surface area contributed by atoms with Crippen molar-refractivity contribution in [2.75, 3.05) is 110 Å². The van der Waals surface area contributed by atoms with Gasteiger partial charge in [-0.05, 0) is 49.5 Å². The summed E-state index contributed by atoms with van der Waals surface area (Å²) < 4.78 is 0. The van der Waals surface area contributed by atoms with Crippen molar-refractivity contribution in [3.05, 3.63) is 0 Å². The van der Waals surface area contributed by atoms with E-state index in [4.69, 9.17) is 0 Å². The molecule has 2 aliphatic heterocycles. The van der Waals surface area contributed by atoms with Gasteiger partial charge in [0.25, 0.3) is 0 Å². The molecule has 6 atom stereocenters. The van der Waals surface area contributed by atoms with E-state index in [-0.39, 0.29) is 77.0 Å². The molecule has 2 heterocycles. The number of nitrogens with one attached hydrogen (secondary N) is 7. The summed E-state index contributed by atoms with van der Waals surface area (Å²) in [5.74, 6) is -11.5. The van der Waals surface area contributed by atoms with Crippen molar-refractivity contribution in [2.45, 2.75) is 96.7 Å². The van der Waals surface area contributed by atoms with Gasteiger partial charge in [0, 0.05) is 65.8 Å². The third kappa shape index (κ3) is 24.2. The highest BCUT2D eigenvalue weighted by atomic mass is 32.2. The normalized spacial score (nSPS) is 18.3. The predicted molar refractivity (Wildman–Crippen MR) is 272 cm³/mol. The van der Waals surface area contributed by atoms with E-state index < -0.39 is 147 Å². The van der Waals surface area contributed by atoms with Gasteiger partial charge in [-0.1, -0.05) is 27.7 Å². The van der Waals surface area contributed by atoms with Crippen molar-refractivity contribution in [2.24, 2.45) is 11.8 Å². The lowest BCUT2D eigenvalue weighted by atomic mass is 10.0. The molecule has 0 unspecified atom stereocenters. The van der Waals surface area contributed by atoms with Crippen LogP contribution < -0.4 is 37.2 Å². The number of aliphatic hydroxyl groups excluding tert-OH is 1. The van der Waals surface area contributed by atoms with Crippen LogP contribution in [0.15, 0.2) is 0 Å². The summed E-state index contributed by atoms with van der Waals surface area (Å²) in [6.07, 6.45) is 1.35. The Morgan fingerprint density at radius 3 is 1.50 bits per heavy atom. The first-order valence-corrected chi connectivity index (χ1v) is 26.4. The molecular formula is C46H78N12O17S. The fraction of sp³-hybridized carbons (Fsp3) is 0.739. The molecule has 2 rings (SSSR count). The summed E-state index contributed by atoms with van der Waals surface area (Å²) in [4.78, 5) is 160. The van der Waals surface area contributed by atoms with Crippen LogP contribution in [0.4, 0.5) is 0 Å². The second kappa shape index (κ2) is 33.7. The molecule has 29 nitrogen and oxygen atoms in total. The fourth-order valence-corrected chi connectivity index (χ4v) is 8.81. The highest BCUT2D eigenvalue weighted by molar-refractivity contribution is 7.98. The molecule has 0 aliphatic carbocycles. The molecule has 30 heteroatoms. The lowest BCUT2D eigenvalue weighted by Crippen LogP contribution is -2.60. The number of carboxylic acids is 4. The topological polar surface area (TPSA) is 406 Å². The molecule has 2 saturated heterocycles. The van der Waals surface area contributed by atoms with E-state index in [0.717, 1.165) is 0 Å². The van der Waals surface area contributed by atoms with Gasteiger partial charge in [0.2, 0.25) is 47.3 Å². The molecule has 430 valence electrons. The maximum atomic E-state index is 13.7. The summed E-state index contributed by atoms with van der Waals surface area (Å²) >= 11 is 1.36. The summed E-state index contributed by atoms with van der Waals surface area (Å²) in [6, 6.07) is -6.01. The van der Waals surface area contributed by atoms with Gasteiger partial charge < -0.3 is 67.7 Å². The molecule has 0 aromatic heterocycles. The van der Waals surface area contributed by atoms with Crippen molar-refractivity contribution >= 4 is 82.9 Å². The van der Waals surface area contributed by atoms with E-state index in [1.165, 1.54) is 43.2 Å². The monoisotopic (exact) mass is 1100 g/mol. The van der Waals surface area contributed by atoms with Gasteiger partial charge in [-0.15, -0.1) is 0 Å². The molecule has 0 saturated carbocycles. The predicted octanol–water partition coefficient (Wildman–Crippen LogP) is -5.38. The number of carboxylic acid groups (broad SMARTS) is 4. The van der Waals surface area contributed by atoms with Gasteiger partial charge in [0.15, 0.2) is 6.17 Å². The van der Waals surface area contributed by atoms with Crippen LogP contribution >= 0.6 is 11.8 Å². The molecule has 76 heavy (non-hydrogen) atoms. The van der Waals surface area contributed by atoms with Gasteiger partial charge in [-0.3, -0.25) is 72.3 Å². The van der Waals surface area contributed by atoms with Gasteiger partial charge in [0.1, 0.15) is 30.2 Å². The number of carbonyl (C=O) groups is 12. The molecule has 2 fully saturated rings. The van der Waals surface area contributed by atoms with Crippen LogP contribution in [0.3, 0.4) is 0 Å². The van der Waals surface area contributed by atoms with Crippen molar-refractivity contribution < 1.29 is 83.1 Å². The van der Waals surface area contributed by atoms with Gasteiger partial charge in [0.05, 0.1) is 39.3 Å². The number of nitrogens with zero attached hydrogens (tertiary/aromatic N) is 5. The van der Waals surface area contributed by atoms with Crippen LogP contribution in [0.5, 0.6) is 0 Å². The molecule has 0 spiro atoms. The van der Waals surface area contributed by atoms with Crippen LogP contribution in [0, 0.1) is 11.8 Å². The number of carbonyl (C=O) groups excluding carboxylic acids is 8. The van der Waals surface area contributed by atoms with Crippen molar-refractivity contribution in [3.8, 4) is 0 Å². The minimum absolute atomic E-state index is 0.0433. The van der Waals surface area contributed by atoms with Crippen molar-refractivity contribution in [3.63, 3.8) is 0 Å². The van der Waals surface area contributed by atoms with Crippen molar-refractivity contribution in [1.29, 1.82) is 0 Å². The Bertz CT molecular complexity index is 2000. The first kappa shape index (κ1) is 65.9. The standard InChI is InChI=1S/C46H78N12O17S/c1-27(2)20-31(50-44(72)33-8-7-10-58(33)29(5)60)41(69)47-21-34(61)49-30(9-19-76-6)43(71)53-39(28(3)4)45(73)51-32(26-59)42(70)48-22-35(62)52-40(46(74)75)57-17-15-55(24-37(65)66)13-11-54(23-36(63)64)12-14-56(16-18-57)25-38(67)68/h27-28,30-33,39-40,59H,7-26H2,1-6H3,(H,47,69)(H,48,70)(H,49,61)(H,50,72)(H,51,73)(H,52,62)(H,53,71)(H,63,64)(H,65,66)(H,67,68)(H,74,75)/t30-,31-,32-,33-,39-,40-/m0/s1. The Balaban J connectivity index is 2.12. The Hall–Kier alpha value is -6.21. The SMILES string of the molecule is CSCC[C@H](NC(=O)CNC(=O)[C@H](CC(C)C)NC(=O)[C@@H]1CCCN1C(C)=O)C(=O)N[C@H](C(=O)N[C@@H](CO)C(=O)NCC(=O)N[C@H](C(=O)O)N1CCN(CC(=O)O)CCN(CC(=O)O)CCN(CC(=O)O)CC1)C(C)C. The number of hydrogen-bond acceptors (Lipinski definition) is 18. The van der Waals surface area contributed by atoms with E-state index in [2.05, 4.69) is 37.2 Å². The fourth-order valence-electron chi connectivity index (χ4n) is 8.33. The molecule has 0 aromatic rings. The quantitative estimate of drug-likeness (QED) is 0.0333. The average molecular weight is 1100 g/mol. The maximum absolute atomic E-state index is 13.7. The zero-order valence-corrected chi connectivity index (χ0v) is 44.9. The largest absolute Gasteiger partial charge is 0.480 e. The molecule has 8 amide bonds. The van der Waals surface area contributed by atoms with Gasteiger partial charge >= 0.3 is 23.9 Å². The number of likely N-dealkylation sites (tertiary alicyclic amines) is 1. The molecular weight excluding hydrogens is 1020 g/mol. The van der Waals surface area contributed by atoms with E-state index in [9.17, 15) is 83.1 Å². The molecule has 0 aromatic carbocycles. The smallest absolute Gasteiger partial charge is 0.341 e. The molecule has 0 bridgehead atoms. The van der Waals surface area contributed by atoms with E-state index in [1.54, 1.807) is 20.1 Å². The van der Waals surface area contributed by atoms with E-state index in [1.807, 2.05) is 13.8 Å². The Kier molecular flexibility index (Phi) is 29.3. The van der Waals surface area contributed by atoms with Crippen LogP contribution in [-0.2, 0) is 57.5 Å². The maximum Gasteiger partial charge on any atom is 0.341 e. The lowest BCUT2D eigenvalue weighted by Gasteiger charge is -2.35. The molecule has 0 radical (unpaired) electrons. The van der Waals surface area contributed by atoms with E-state index >= 15 is 0 Å². The lowest BCUT2D eigenvalue weighted by molar-refractivity contribution is -0.148. The number of aliphatic hydroxyl groups is 1. The number of hydrogen-bond donors (Lipinski definition) is 12. The Morgan fingerprint density at radius 1 is 0.579 bits per heavy atom. The zero-order valence-electron chi connectivity index (χ0n) is 44.0. The number of aliphatic carboxylic acids is 4. The Labute approximate surface area is 445 Å². The van der Waals surface area contributed by atoms with Gasteiger partial charge in [-0.2, -0.15) is 11.8 Å². The van der Waals surface area contributed by atoms with Gasteiger partial charge in [-0.25, -0.2) is 4.79 Å². The van der Waals surface area contributed by atoms with Crippen molar-refractivity contribution in [1.82, 2.24) is 61.7 Å². The highest BCUT2D eigenvalue weighted by Gasteiger charge is 2.36. The third-order valence-electron chi connectivity index (χ3n) is 12.3. The van der Waals surface area contributed by atoms with E-state index in [0.29, 0.717) is 25.1 Å². The Morgan fingerprint density at radius 2 is 1.07 bits per heavy atom. The average Bonchev–Trinajstić information content (AvgIpc) is 3.84. The number of amides is 8. The molecule has 2 aliphatic rings. The second-order valence-electron chi connectivity index (χ2n) is 19.2. The summed E-state index contributed by atoms with van der Waals surface area (Å²) in [6.45, 7) is 4.57. The first-order valence-electron chi connectivity index (χ1n) is 25.0. The van der Waals surface area contributed by atoms with Crippen LogP contribution in [0.2, 0.25) is 0 Å². The zero-order chi connectivity index (χ0) is 57.2. The van der Waals surface area contributed by atoms with Crippen LogP contribution in [-0.4, -0.2) is 268 Å². The third-order valence-corrected chi connectivity index (χ3v) is 13.0. The first-order chi connectivity index (χ1) is 35.8. The second-order valence-corrected chi connectivity index (χ2v) is 20.2. The molecule has 12 N–H and O–H groups in total. The summed E-state index contributed by atoms with van der Waals surface area (Å²) in [5, 5.41) is 66.0.